The highest BCUT2D eigenvalue weighted by atomic mass is 16.4. The number of nitrogens with one attached hydrogen (secondary N) is 2. The lowest BCUT2D eigenvalue weighted by atomic mass is 9.80. The maximum absolute atomic E-state index is 5.61. The Balaban J connectivity index is 1.82. The van der Waals surface area contributed by atoms with Gasteiger partial charge < -0.3 is 15.1 Å². The smallest absolute Gasteiger partial charge is 0.315 e. The maximum Gasteiger partial charge on any atom is 0.315 e. The third-order valence-corrected chi connectivity index (χ3v) is 3.91. The first-order valence-corrected chi connectivity index (χ1v) is 7.48. The van der Waals surface area contributed by atoms with Crippen molar-refractivity contribution >= 4 is 6.01 Å². The molecule has 1 aliphatic rings. The van der Waals surface area contributed by atoms with Crippen LogP contribution < -0.4 is 10.6 Å². The van der Waals surface area contributed by atoms with Crippen molar-refractivity contribution < 1.29 is 4.42 Å². The monoisotopic (exact) mass is 266 g/mol. The molecule has 0 amide bonds. The zero-order valence-corrected chi connectivity index (χ0v) is 12.3. The summed E-state index contributed by atoms with van der Waals surface area (Å²) in [7, 11) is 0. The molecule has 0 spiro atoms. The van der Waals surface area contributed by atoms with Gasteiger partial charge in [-0.3, -0.25) is 0 Å². The van der Waals surface area contributed by atoms with Crippen molar-refractivity contribution in [3.63, 3.8) is 0 Å². The summed E-state index contributed by atoms with van der Waals surface area (Å²) in [4.78, 5) is 0. The molecule has 1 aromatic rings. The molecule has 0 aromatic carbocycles. The van der Waals surface area contributed by atoms with Gasteiger partial charge in [0.1, 0.15) is 0 Å². The average Bonchev–Trinajstić information content (AvgIpc) is 2.81. The van der Waals surface area contributed by atoms with Crippen molar-refractivity contribution in [1.29, 1.82) is 0 Å². The molecule has 2 N–H and O–H groups in total. The van der Waals surface area contributed by atoms with Gasteiger partial charge in [0.25, 0.3) is 0 Å². The van der Waals surface area contributed by atoms with Gasteiger partial charge >= 0.3 is 6.01 Å². The van der Waals surface area contributed by atoms with Crippen molar-refractivity contribution in [3.05, 3.63) is 5.89 Å². The fourth-order valence-electron chi connectivity index (χ4n) is 2.79. The Labute approximate surface area is 115 Å². The molecule has 19 heavy (non-hydrogen) atoms. The summed E-state index contributed by atoms with van der Waals surface area (Å²) in [5.74, 6) is 2.16. The van der Waals surface area contributed by atoms with E-state index in [2.05, 4.69) is 41.6 Å². The minimum Gasteiger partial charge on any atom is -0.407 e. The number of aromatic nitrogens is 2. The van der Waals surface area contributed by atoms with Crippen molar-refractivity contribution in [3.8, 4) is 0 Å². The molecule has 0 aliphatic heterocycles. The van der Waals surface area contributed by atoms with E-state index in [0.29, 0.717) is 30.4 Å². The molecule has 1 aromatic heterocycles. The highest BCUT2D eigenvalue weighted by Gasteiger charge is 2.26. The summed E-state index contributed by atoms with van der Waals surface area (Å²) in [5, 5.41) is 14.8. The second-order valence-electron chi connectivity index (χ2n) is 5.82. The molecule has 0 radical (unpaired) electrons. The largest absolute Gasteiger partial charge is 0.407 e. The third-order valence-electron chi connectivity index (χ3n) is 3.91. The SMILES string of the molecule is CCCNCc1nnc(NC2CCC(C)CC2C)o1. The first-order chi connectivity index (χ1) is 9.19. The lowest BCUT2D eigenvalue weighted by Gasteiger charge is -2.32. The van der Waals surface area contributed by atoms with E-state index in [1.165, 1.54) is 19.3 Å². The van der Waals surface area contributed by atoms with Crippen LogP contribution in [0.1, 0.15) is 52.3 Å². The Bertz CT molecular complexity index is 379. The Morgan fingerprint density at radius 1 is 1.26 bits per heavy atom. The van der Waals surface area contributed by atoms with Crippen molar-refractivity contribution in [2.75, 3.05) is 11.9 Å². The molecule has 3 atom stereocenters. The van der Waals surface area contributed by atoms with Gasteiger partial charge in [-0.2, -0.15) is 0 Å². The predicted octanol–water partition coefficient (Wildman–Crippen LogP) is 2.81. The van der Waals surface area contributed by atoms with Crippen molar-refractivity contribution in [1.82, 2.24) is 15.5 Å². The summed E-state index contributed by atoms with van der Waals surface area (Å²) < 4.78 is 5.61. The molecule has 0 saturated heterocycles. The maximum atomic E-state index is 5.61. The van der Waals surface area contributed by atoms with Crippen LogP contribution >= 0.6 is 0 Å². The first kappa shape index (κ1) is 14.3. The molecule has 5 heteroatoms. The van der Waals surface area contributed by atoms with Crippen molar-refractivity contribution in [2.24, 2.45) is 11.8 Å². The van der Waals surface area contributed by atoms with Crippen LogP contribution in [-0.4, -0.2) is 22.8 Å². The van der Waals surface area contributed by atoms with Crippen LogP contribution in [0.5, 0.6) is 0 Å². The Hall–Kier alpha value is -1.10. The van der Waals surface area contributed by atoms with Gasteiger partial charge in [0.2, 0.25) is 5.89 Å². The van der Waals surface area contributed by atoms with Gasteiger partial charge in [-0.1, -0.05) is 25.9 Å². The van der Waals surface area contributed by atoms with Crippen LogP contribution in [0.3, 0.4) is 0 Å². The molecule has 0 bridgehead atoms. The highest BCUT2D eigenvalue weighted by Crippen LogP contribution is 2.30. The van der Waals surface area contributed by atoms with E-state index < -0.39 is 0 Å². The first-order valence-electron chi connectivity index (χ1n) is 7.48. The second kappa shape index (κ2) is 6.89. The molecule has 5 nitrogen and oxygen atoms in total. The highest BCUT2D eigenvalue weighted by molar-refractivity contribution is 5.20. The summed E-state index contributed by atoms with van der Waals surface area (Å²) in [5.41, 5.74) is 0. The minimum atomic E-state index is 0.466. The quantitative estimate of drug-likeness (QED) is 0.775. The van der Waals surface area contributed by atoms with E-state index in [4.69, 9.17) is 4.42 Å². The molecule has 1 saturated carbocycles. The minimum absolute atomic E-state index is 0.466. The third kappa shape index (κ3) is 4.20. The summed E-state index contributed by atoms with van der Waals surface area (Å²) in [6.07, 6.45) is 4.85. The lowest BCUT2D eigenvalue weighted by Crippen LogP contribution is -2.33. The Morgan fingerprint density at radius 3 is 2.84 bits per heavy atom. The van der Waals surface area contributed by atoms with Gasteiger partial charge in [-0.25, -0.2) is 0 Å². The van der Waals surface area contributed by atoms with E-state index >= 15 is 0 Å². The topological polar surface area (TPSA) is 63.0 Å². The van der Waals surface area contributed by atoms with Crippen LogP contribution in [0, 0.1) is 11.8 Å². The van der Waals surface area contributed by atoms with Crippen LogP contribution in [0.4, 0.5) is 6.01 Å². The van der Waals surface area contributed by atoms with Gasteiger partial charge in [-0.15, -0.1) is 5.10 Å². The standard InChI is InChI=1S/C14H26N4O/c1-4-7-15-9-13-17-18-14(19-13)16-12-6-5-10(2)8-11(12)3/h10-12,15H,4-9H2,1-3H3,(H,16,18). The van der Waals surface area contributed by atoms with Crippen molar-refractivity contribution in [2.45, 2.75) is 59.0 Å². The molecular weight excluding hydrogens is 240 g/mol. The molecular formula is C14H26N4O. The van der Waals surface area contributed by atoms with Gasteiger partial charge in [0, 0.05) is 6.04 Å². The molecule has 108 valence electrons. The number of anilines is 1. The molecule has 1 aliphatic carbocycles. The number of hydrogen-bond donors (Lipinski definition) is 2. The van der Waals surface area contributed by atoms with E-state index in [0.717, 1.165) is 18.9 Å². The second-order valence-corrected chi connectivity index (χ2v) is 5.82. The molecule has 2 rings (SSSR count). The van der Waals surface area contributed by atoms with Crippen LogP contribution in [0.25, 0.3) is 0 Å². The van der Waals surface area contributed by atoms with Crippen LogP contribution in [0.2, 0.25) is 0 Å². The van der Waals surface area contributed by atoms with E-state index in [9.17, 15) is 0 Å². The fourth-order valence-corrected chi connectivity index (χ4v) is 2.79. The fraction of sp³-hybridized carbons (Fsp3) is 0.857. The zero-order chi connectivity index (χ0) is 13.7. The predicted molar refractivity (Wildman–Crippen MR) is 75.9 cm³/mol. The van der Waals surface area contributed by atoms with E-state index in [-0.39, 0.29) is 0 Å². The number of rotatable bonds is 6. The van der Waals surface area contributed by atoms with Gasteiger partial charge in [0.05, 0.1) is 6.54 Å². The van der Waals surface area contributed by atoms with Crippen LogP contribution in [-0.2, 0) is 6.54 Å². The van der Waals surface area contributed by atoms with Crippen LogP contribution in [0.15, 0.2) is 4.42 Å². The summed E-state index contributed by atoms with van der Waals surface area (Å²) in [6.45, 7) is 8.39. The van der Waals surface area contributed by atoms with E-state index in [1.54, 1.807) is 0 Å². The normalized spacial score (nSPS) is 27.4. The zero-order valence-electron chi connectivity index (χ0n) is 12.3. The summed E-state index contributed by atoms with van der Waals surface area (Å²) >= 11 is 0. The molecule has 1 fully saturated rings. The number of hydrogen-bond acceptors (Lipinski definition) is 5. The Kier molecular flexibility index (Phi) is 5.19. The Morgan fingerprint density at radius 2 is 2.11 bits per heavy atom. The lowest BCUT2D eigenvalue weighted by molar-refractivity contribution is 0.273. The molecule has 1 heterocycles. The summed E-state index contributed by atoms with van der Waals surface area (Å²) in [6, 6.07) is 1.04. The van der Waals surface area contributed by atoms with Gasteiger partial charge in [0.15, 0.2) is 0 Å². The molecule has 3 unspecified atom stereocenters. The average molecular weight is 266 g/mol. The number of nitrogens with zero attached hydrogens (tertiary/aromatic N) is 2. The van der Waals surface area contributed by atoms with E-state index in [1.807, 2.05) is 0 Å². The van der Waals surface area contributed by atoms with Gasteiger partial charge in [-0.05, 0) is 44.1 Å².